The van der Waals surface area contributed by atoms with Crippen molar-refractivity contribution in [1.82, 2.24) is 9.62 Å². The lowest BCUT2D eigenvalue weighted by Crippen LogP contribution is -2.46. The molecule has 0 saturated carbocycles. The summed E-state index contributed by atoms with van der Waals surface area (Å²) in [7, 11) is -3.64. The number of rotatable bonds is 5. The minimum atomic E-state index is -3.64. The number of nitrogens with zero attached hydrogens (tertiary/aromatic N) is 1. The molecule has 0 aliphatic carbocycles. The zero-order valence-corrected chi connectivity index (χ0v) is 19.2. The Hall–Kier alpha value is -1.11. The van der Waals surface area contributed by atoms with Gasteiger partial charge in [0.1, 0.15) is 0 Å². The van der Waals surface area contributed by atoms with Gasteiger partial charge in [0.15, 0.2) is 0 Å². The first-order valence-electron chi connectivity index (χ1n) is 9.94. The monoisotopic (exact) mass is 428 g/mol. The summed E-state index contributed by atoms with van der Waals surface area (Å²) < 4.78 is 27.6. The lowest BCUT2D eigenvalue weighted by Gasteiger charge is -2.33. The molecule has 158 valence electrons. The van der Waals surface area contributed by atoms with E-state index in [9.17, 15) is 13.2 Å². The topological polar surface area (TPSA) is 66.5 Å². The second-order valence-corrected chi connectivity index (χ2v) is 11.9. The first-order valence-corrected chi connectivity index (χ1v) is 11.8. The summed E-state index contributed by atoms with van der Waals surface area (Å²) >= 11 is 6.25. The van der Waals surface area contributed by atoms with Crippen molar-refractivity contribution in [2.45, 2.75) is 77.2 Å². The summed E-state index contributed by atoms with van der Waals surface area (Å²) in [5, 5.41) is 3.26. The number of hydrogen-bond donors (Lipinski definition) is 1. The van der Waals surface area contributed by atoms with Gasteiger partial charge in [-0.05, 0) is 56.7 Å². The highest BCUT2D eigenvalue weighted by atomic mass is 35.5. The maximum atomic E-state index is 13.1. The minimum absolute atomic E-state index is 0.0402. The summed E-state index contributed by atoms with van der Waals surface area (Å²) in [6.45, 7) is 11.3. The Kier molecular flexibility index (Phi) is 7.22. The van der Waals surface area contributed by atoms with E-state index in [2.05, 4.69) is 26.1 Å². The Morgan fingerprint density at radius 1 is 1.07 bits per heavy atom. The molecular formula is C21H33ClN2O3S. The molecule has 0 spiro atoms. The number of amides is 1. The van der Waals surface area contributed by atoms with Crippen LogP contribution >= 0.6 is 11.6 Å². The molecule has 1 heterocycles. The number of carbonyl (C=O) groups is 1. The Labute approximate surface area is 174 Å². The fourth-order valence-corrected chi connectivity index (χ4v) is 5.76. The van der Waals surface area contributed by atoms with Crippen molar-refractivity contribution in [3.63, 3.8) is 0 Å². The van der Waals surface area contributed by atoms with Crippen molar-refractivity contribution < 1.29 is 13.2 Å². The van der Waals surface area contributed by atoms with Crippen LogP contribution < -0.4 is 5.32 Å². The highest BCUT2D eigenvalue weighted by Gasteiger charge is 2.30. The Balaban J connectivity index is 2.28. The predicted molar refractivity (Wildman–Crippen MR) is 114 cm³/mol. The lowest BCUT2D eigenvalue weighted by molar-refractivity contribution is 0.0891. The zero-order valence-electron chi connectivity index (χ0n) is 17.6. The number of hydrogen-bond acceptors (Lipinski definition) is 3. The number of sulfonamides is 1. The number of carbonyl (C=O) groups excluding carboxylic acids is 1. The van der Waals surface area contributed by atoms with Gasteiger partial charge in [0.25, 0.3) is 5.91 Å². The molecule has 0 bridgehead atoms. The predicted octanol–water partition coefficient (Wildman–Crippen LogP) is 4.85. The molecule has 28 heavy (non-hydrogen) atoms. The molecule has 1 fully saturated rings. The Morgan fingerprint density at radius 3 is 2.18 bits per heavy atom. The van der Waals surface area contributed by atoms with Gasteiger partial charge in [-0.1, -0.05) is 45.2 Å². The van der Waals surface area contributed by atoms with Gasteiger partial charge < -0.3 is 5.32 Å². The van der Waals surface area contributed by atoms with E-state index in [0.717, 1.165) is 32.1 Å². The van der Waals surface area contributed by atoms with Gasteiger partial charge in [-0.25, -0.2) is 8.42 Å². The smallest absolute Gasteiger partial charge is 0.253 e. The van der Waals surface area contributed by atoms with Gasteiger partial charge in [0, 0.05) is 18.6 Å². The molecule has 1 aliphatic heterocycles. The Morgan fingerprint density at radius 2 is 1.64 bits per heavy atom. The lowest BCUT2D eigenvalue weighted by atomic mass is 9.81. The van der Waals surface area contributed by atoms with E-state index in [4.69, 9.17) is 11.6 Å². The van der Waals surface area contributed by atoms with Crippen molar-refractivity contribution in [2.75, 3.05) is 13.1 Å². The third kappa shape index (κ3) is 6.19. The van der Waals surface area contributed by atoms with Crippen LogP contribution in [0, 0.1) is 5.41 Å². The van der Waals surface area contributed by atoms with Crippen molar-refractivity contribution in [3.05, 3.63) is 28.8 Å². The summed E-state index contributed by atoms with van der Waals surface area (Å²) in [5.74, 6) is -0.354. The molecule has 7 heteroatoms. The van der Waals surface area contributed by atoms with E-state index in [1.165, 1.54) is 22.5 Å². The second-order valence-electron chi connectivity index (χ2n) is 9.54. The maximum Gasteiger partial charge on any atom is 0.253 e. The van der Waals surface area contributed by atoms with Crippen LogP contribution in [-0.2, 0) is 10.0 Å². The van der Waals surface area contributed by atoms with E-state index in [-0.39, 0.29) is 26.8 Å². The molecule has 1 saturated heterocycles. The van der Waals surface area contributed by atoms with E-state index < -0.39 is 15.6 Å². The van der Waals surface area contributed by atoms with Crippen LogP contribution in [0.3, 0.4) is 0 Å². The van der Waals surface area contributed by atoms with Crippen molar-refractivity contribution in [2.24, 2.45) is 5.41 Å². The van der Waals surface area contributed by atoms with Crippen molar-refractivity contribution >= 4 is 27.5 Å². The molecule has 2 rings (SSSR count). The van der Waals surface area contributed by atoms with E-state index >= 15 is 0 Å². The molecule has 0 aromatic heterocycles. The summed E-state index contributed by atoms with van der Waals surface area (Å²) in [6, 6.07) is 4.39. The molecule has 0 atom stereocenters. The minimum Gasteiger partial charge on any atom is -0.347 e. The van der Waals surface area contributed by atoms with Gasteiger partial charge in [-0.3, -0.25) is 4.79 Å². The molecule has 0 unspecified atom stereocenters. The molecular weight excluding hydrogens is 396 g/mol. The van der Waals surface area contributed by atoms with Crippen LogP contribution in [0.1, 0.15) is 77.1 Å². The molecule has 5 nitrogen and oxygen atoms in total. The fraction of sp³-hybridized carbons (Fsp3) is 0.667. The highest BCUT2D eigenvalue weighted by molar-refractivity contribution is 7.89. The molecule has 1 aromatic carbocycles. The van der Waals surface area contributed by atoms with Crippen LogP contribution in [0.2, 0.25) is 5.02 Å². The number of halogens is 1. The average molecular weight is 429 g/mol. The second kappa shape index (κ2) is 8.72. The normalized spacial score (nSPS) is 17.2. The highest BCUT2D eigenvalue weighted by Crippen LogP contribution is 2.29. The van der Waals surface area contributed by atoms with E-state index in [1.807, 2.05) is 13.8 Å². The first-order chi connectivity index (χ1) is 12.8. The molecule has 1 amide bonds. The largest absolute Gasteiger partial charge is 0.347 e. The number of benzene rings is 1. The standard InChI is InChI=1S/C21H33ClN2O3S/c1-20(2,3)15-21(4,5)23-19(25)17-14-16(10-11-18(17)22)28(26,27)24-12-8-6-7-9-13-24/h10-11,14H,6-9,12-13,15H2,1-5H3,(H,23,25). The number of nitrogens with one attached hydrogen (secondary N) is 1. The molecule has 1 N–H and O–H groups in total. The van der Waals surface area contributed by atoms with E-state index in [0.29, 0.717) is 13.1 Å². The summed E-state index contributed by atoms with van der Waals surface area (Å²) in [4.78, 5) is 13.0. The zero-order chi connectivity index (χ0) is 21.2. The van der Waals surface area contributed by atoms with Gasteiger partial charge in [0.05, 0.1) is 15.5 Å². The van der Waals surface area contributed by atoms with Gasteiger partial charge in [0.2, 0.25) is 10.0 Å². The Bertz CT molecular complexity index is 805. The van der Waals surface area contributed by atoms with Gasteiger partial charge in [-0.15, -0.1) is 0 Å². The maximum absolute atomic E-state index is 13.1. The molecule has 0 radical (unpaired) electrons. The molecule has 1 aliphatic rings. The van der Waals surface area contributed by atoms with Gasteiger partial charge in [-0.2, -0.15) is 4.31 Å². The first kappa shape index (κ1) is 23.2. The van der Waals surface area contributed by atoms with Crippen molar-refractivity contribution in [1.29, 1.82) is 0 Å². The van der Waals surface area contributed by atoms with Crippen LogP contribution in [0.5, 0.6) is 0 Å². The third-order valence-corrected chi connectivity index (χ3v) is 7.03. The van der Waals surface area contributed by atoms with Crippen molar-refractivity contribution in [3.8, 4) is 0 Å². The third-order valence-electron chi connectivity index (χ3n) is 4.81. The van der Waals surface area contributed by atoms with Crippen LogP contribution in [-0.4, -0.2) is 37.3 Å². The quantitative estimate of drug-likeness (QED) is 0.728. The molecule has 1 aromatic rings. The fourth-order valence-electron chi connectivity index (χ4n) is 4.01. The van der Waals surface area contributed by atoms with E-state index in [1.54, 1.807) is 0 Å². The average Bonchev–Trinajstić information content (AvgIpc) is 2.81. The summed E-state index contributed by atoms with van der Waals surface area (Å²) in [5.41, 5.74) is -0.212. The SMILES string of the molecule is CC(C)(C)CC(C)(C)NC(=O)c1cc(S(=O)(=O)N2CCCCCC2)ccc1Cl. The van der Waals surface area contributed by atoms with Crippen LogP contribution in [0.4, 0.5) is 0 Å². The van der Waals surface area contributed by atoms with Crippen LogP contribution in [0.25, 0.3) is 0 Å². The summed E-state index contributed by atoms with van der Waals surface area (Å²) in [6.07, 6.45) is 4.59. The van der Waals surface area contributed by atoms with Crippen LogP contribution in [0.15, 0.2) is 23.1 Å². The van der Waals surface area contributed by atoms with Gasteiger partial charge >= 0.3 is 0 Å².